The summed E-state index contributed by atoms with van der Waals surface area (Å²) >= 11 is 6.16. The molecule has 2 aromatic carbocycles. The van der Waals surface area contributed by atoms with Crippen LogP contribution in [-0.4, -0.2) is 55.8 Å². The topological polar surface area (TPSA) is 117 Å². The molecule has 2 aromatic rings. The third-order valence-electron chi connectivity index (χ3n) is 5.44. The maximum atomic E-state index is 13.4. The Labute approximate surface area is 196 Å². The lowest BCUT2D eigenvalue weighted by Crippen LogP contribution is -3.05. The van der Waals surface area contributed by atoms with Crippen molar-refractivity contribution in [3.63, 3.8) is 0 Å². The van der Waals surface area contributed by atoms with Gasteiger partial charge in [-0.05, 0) is 35.4 Å². The lowest BCUT2D eigenvalue weighted by molar-refractivity contribution is -0.858. The largest absolute Gasteiger partial charge is 0.872 e. The lowest BCUT2D eigenvalue weighted by atomic mass is 9.95. The summed E-state index contributed by atoms with van der Waals surface area (Å²) in [5, 5.41) is 24.6. The third-order valence-corrected chi connectivity index (χ3v) is 5.73. The number of likely N-dealkylation sites (tertiary alicyclic amines) is 1. The molecule has 1 fully saturated rings. The minimum atomic E-state index is -0.948. The predicted molar refractivity (Wildman–Crippen MR) is 120 cm³/mol. The average Bonchev–Trinajstić information content (AvgIpc) is 3.03. The fourth-order valence-corrected chi connectivity index (χ4v) is 4.05. The Morgan fingerprint density at radius 3 is 2.39 bits per heavy atom. The minimum absolute atomic E-state index is 0.132. The van der Waals surface area contributed by atoms with E-state index in [2.05, 4.69) is 0 Å². The van der Waals surface area contributed by atoms with Crippen LogP contribution >= 0.6 is 11.6 Å². The molecule has 0 aromatic heterocycles. The molecule has 1 saturated heterocycles. The first-order valence-electron chi connectivity index (χ1n) is 10.3. The number of methoxy groups -OCH3 is 1. The number of non-ortho nitro benzene ring substituents is 1. The number of nitro groups is 1. The van der Waals surface area contributed by atoms with E-state index in [0.717, 1.165) is 6.54 Å². The van der Waals surface area contributed by atoms with Crippen molar-refractivity contribution in [2.45, 2.75) is 12.5 Å². The Bertz CT molecular complexity index is 1110. The normalized spacial score (nSPS) is 17.6. The molecule has 1 aliphatic rings. The highest BCUT2D eigenvalue weighted by Crippen LogP contribution is 2.40. The van der Waals surface area contributed by atoms with E-state index in [9.17, 15) is 24.8 Å². The SMILES string of the molecule is COc1ccc(C([O-])=C2C(=O)C(=O)N(CCC[NH+](C)C)C2c2ccc([N+](=O)[O-])cc2)cc1Cl. The molecular formula is C23H24ClN3O6. The van der Waals surface area contributed by atoms with Crippen LogP contribution in [0.2, 0.25) is 5.02 Å². The van der Waals surface area contributed by atoms with E-state index in [4.69, 9.17) is 16.3 Å². The van der Waals surface area contributed by atoms with E-state index in [1.807, 2.05) is 14.1 Å². The molecule has 3 rings (SSSR count). The smallest absolute Gasteiger partial charge is 0.295 e. The molecule has 1 unspecified atom stereocenters. The number of ether oxygens (including phenoxy) is 1. The lowest BCUT2D eigenvalue weighted by Gasteiger charge is -2.27. The van der Waals surface area contributed by atoms with Crippen molar-refractivity contribution < 1.29 is 29.3 Å². The first-order chi connectivity index (χ1) is 15.6. The van der Waals surface area contributed by atoms with Crippen molar-refractivity contribution in [1.29, 1.82) is 0 Å². The first kappa shape index (κ1) is 24.2. The number of rotatable bonds is 8. The molecule has 174 valence electrons. The van der Waals surface area contributed by atoms with Crippen LogP contribution in [0.15, 0.2) is 48.0 Å². The summed E-state index contributed by atoms with van der Waals surface area (Å²) in [5.74, 6) is -1.91. The summed E-state index contributed by atoms with van der Waals surface area (Å²) in [5.41, 5.74) is 0.252. The number of Topliss-reactive ketones (excluding diaryl/α,β-unsaturated/α-hetero) is 1. The van der Waals surface area contributed by atoms with E-state index in [1.54, 1.807) is 0 Å². The van der Waals surface area contributed by atoms with E-state index in [1.165, 1.54) is 59.4 Å². The molecule has 0 bridgehead atoms. The van der Waals surface area contributed by atoms with Crippen LogP contribution in [0.3, 0.4) is 0 Å². The van der Waals surface area contributed by atoms with Gasteiger partial charge >= 0.3 is 0 Å². The Kier molecular flexibility index (Phi) is 7.35. The van der Waals surface area contributed by atoms with E-state index in [-0.39, 0.29) is 28.4 Å². The molecule has 10 heteroatoms. The minimum Gasteiger partial charge on any atom is -0.872 e. The summed E-state index contributed by atoms with van der Waals surface area (Å²) in [7, 11) is 5.38. The number of hydrogen-bond acceptors (Lipinski definition) is 6. The van der Waals surface area contributed by atoms with Gasteiger partial charge in [0, 0.05) is 30.7 Å². The molecular weight excluding hydrogens is 450 g/mol. The number of nitro benzene ring substituents is 1. The van der Waals surface area contributed by atoms with Crippen molar-refractivity contribution in [3.8, 4) is 5.75 Å². The molecule has 1 atom stereocenters. The Morgan fingerprint density at radius 2 is 1.85 bits per heavy atom. The van der Waals surface area contributed by atoms with Crippen LogP contribution < -0.4 is 14.7 Å². The second-order valence-electron chi connectivity index (χ2n) is 7.98. The summed E-state index contributed by atoms with van der Waals surface area (Å²) in [4.78, 5) is 38.9. The molecule has 0 aliphatic carbocycles. The molecule has 33 heavy (non-hydrogen) atoms. The number of amides is 1. The van der Waals surface area contributed by atoms with Crippen molar-refractivity contribution >= 4 is 34.7 Å². The number of carbonyl (C=O) groups is 2. The zero-order valence-corrected chi connectivity index (χ0v) is 19.2. The second-order valence-corrected chi connectivity index (χ2v) is 8.39. The third kappa shape index (κ3) is 4.99. The highest BCUT2D eigenvalue weighted by molar-refractivity contribution is 6.46. The molecule has 9 nitrogen and oxygen atoms in total. The summed E-state index contributed by atoms with van der Waals surface area (Å²) in [6.07, 6.45) is 0.612. The molecule has 1 aliphatic heterocycles. The Balaban J connectivity index is 2.11. The Hall–Kier alpha value is -3.43. The zero-order valence-electron chi connectivity index (χ0n) is 18.5. The van der Waals surface area contributed by atoms with Crippen molar-refractivity contribution in [3.05, 3.63) is 74.3 Å². The number of halogens is 1. The number of carbonyl (C=O) groups excluding carboxylic acids is 2. The monoisotopic (exact) mass is 473 g/mol. The maximum Gasteiger partial charge on any atom is 0.295 e. The molecule has 0 saturated carbocycles. The highest BCUT2D eigenvalue weighted by Gasteiger charge is 2.44. The van der Waals surface area contributed by atoms with Crippen LogP contribution in [0.4, 0.5) is 5.69 Å². The molecule has 1 N–H and O–H groups in total. The van der Waals surface area contributed by atoms with Gasteiger partial charge in [0.05, 0.1) is 43.7 Å². The fourth-order valence-electron chi connectivity index (χ4n) is 3.79. The van der Waals surface area contributed by atoms with Gasteiger partial charge < -0.3 is 19.6 Å². The van der Waals surface area contributed by atoms with Gasteiger partial charge in [-0.3, -0.25) is 19.7 Å². The average molecular weight is 474 g/mol. The summed E-state index contributed by atoms with van der Waals surface area (Å²) < 4.78 is 5.11. The predicted octanol–water partition coefficient (Wildman–Crippen LogP) is 1.02. The quantitative estimate of drug-likeness (QED) is 0.201. The highest BCUT2D eigenvalue weighted by atomic mass is 35.5. The molecule has 1 heterocycles. The summed E-state index contributed by atoms with van der Waals surface area (Å²) in [6.45, 7) is 1.01. The van der Waals surface area contributed by atoms with Crippen molar-refractivity contribution in [2.75, 3.05) is 34.3 Å². The van der Waals surface area contributed by atoms with Crippen LogP contribution in [0, 0.1) is 10.1 Å². The standard InChI is InChI=1S/C23H24ClN3O6/c1-25(2)11-4-12-26-20(14-5-8-16(9-6-14)27(31)32)19(22(29)23(26)30)21(28)15-7-10-18(33-3)17(24)13-15/h5-10,13,20,28H,4,11-12H2,1-3H3. The van der Waals surface area contributed by atoms with Gasteiger partial charge in [0.25, 0.3) is 11.6 Å². The van der Waals surface area contributed by atoms with Gasteiger partial charge in [0.1, 0.15) is 5.75 Å². The van der Waals surface area contributed by atoms with Gasteiger partial charge in [-0.2, -0.15) is 0 Å². The molecule has 1 amide bonds. The number of ketones is 1. The fraction of sp³-hybridized carbons (Fsp3) is 0.304. The van der Waals surface area contributed by atoms with Gasteiger partial charge in [-0.1, -0.05) is 23.4 Å². The van der Waals surface area contributed by atoms with Crippen molar-refractivity contribution in [2.24, 2.45) is 0 Å². The van der Waals surface area contributed by atoms with E-state index >= 15 is 0 Å². The number of nitrogens with one attached hydrogen (secondary N) is 1. The van der Waals surface area contributed by atoms with Gasteiger partial charge in [0.2, 0.25) is 5.78 Å². The number of hydrogen-bond donors (Lipinski definition) is 1. The first-order valence-corrected chi connectivity index (χ1v) is 10.7. The molecule has 0 spiro atoms. The Morgan fingerprint density at radius 1 is 1.18 bits per heavy atom. The van der Waals surface area contributed by atoms with E-state index < -0.39 is 28.4 Å². The van der Waals surface area contributed by atoms with Crippen molar-refractivity contribution in [1.82, 2.24) is 4.90 Å². The van der Waals surface area contributed by atoms with Gasteiger partial charge in [-0.15, -0.1) is 0 Å². The number of quaternary nitrogens is 1. The van der Waals surface area contributed by atoms with Crippen LogP contribution in [0.5, 0.6) is 5.75 Å². The van der Waals surface area contributed by atoms with Gasteiger partial charge in [-0.25, -0.2) is 0 Å². The van der Waals surface area contributed by atoms with E-state index in [0.29, 0.717) is 17.7 Å². The van der Waals surface area contributed by atoms with Crippen LogP contribution in [0.1, 0.15) is 23.6 Å². The van der Waals surface area contributed by atoms with Crippen LogP contribution in [0.25, 0.3) is 5.76 Å². The molecule has 0 radical (unpaired) electrons. The maximum absolute atomic E-state index is 13.4. The number of nitrogens with zero attached hydrogens (tertiary/aromatic N) is 2. The number of benzene rings is 2. The van der Waals surface area contributed by atoms with Crippen LogP contribution in [-0.2, 0) is 9.59 Å². The summed E-state index contributed by atoms with van der Waals surface area (Å²) in [6, 6.07) is 8.93. The zero-order chi connectivity index (χ0) is 24.3. The van der Waals surface area contributed by atoms with Gasteiger partial charge in [0.15, 0.2) is 0 Å². The second kappa shape index (κ2) is 10.0.